The minimum Gasteiger partial charge on any atom is -0.312 e. The van der Waals surface area contributed by atoms with E-state index >= 15 is 0 Å². The third-order valence-electron chi connectivity index (χ3n) is 3.25. The van der Waals surface area contributed by atoms with E-state index in [9.17, 15) is 0 Å². The number of hydrogen-bond acceptors (Lipinski definition) is 4. The van der Waals surface area contributed by atoms with Crippen molar-refractivity contribution < 1.29 is 0 Å². The molecule has 0 saturated heterocycles. The maximum Gasteiger partial charge on any atom is 0.142 e. The second-order valence-corrected chi connectivity index (χ2v) is 5.94. The summed E-state index contributed by atoms with van der Waals surface area (Å²) in [7, 11) is 2.00. The van der Waals surface area contributed by atoms with Gasteiger partial charge in [-0.15, -0.1) is 11.3 Å². The predicted octanol–water partition coefficient (Wildman–Crippen LogP) is 3.46. The largest absolute Gasteiger partial charge is 0.312 e. The molecule has 1 atom stereocenters. The summed E-state index contributed by atoms with van der Waals surface area (Å²) in [5.74, 6) is 0. The van der Waals surface area contributed by atoms with Crippen molar-refractivity contribution in [3.05, 3.63) is 33.9 Å². The van der Waals surface area contributed by atoms with Crippen LogP contribution in [0.4, 0.5) is 0 Å². The lowest BCUT2D eigenvalue weighted by Gasteiger charge is -2.19. The van der Waals surface area contributed by atoms with Gasteiger partial charge in [0, 0.05) is 11.1 Å². The van der Waals surface area contributed by atoms with Crippen molar-refractivity contribution in [2.75, 3.05) is 7.05 Å². The lowest BCUT2D eigenvalue weighted by Crippen LogP contribution is -2.21. The van der Waals surface area contributed by atoms with Gasteiger partial charge in [0.05, 0.1) is 22.5 Å². The number of nitrogens with zero attached hydrogens (tertiary/aromatic N) is 2. The number of aryl methyl sites for hydroxylation is 1. The Balaban J connectivity index is 1.99. The lowest BCUT2D eigenvalue weighted by atomic mass is 9.98. The zero-order chi connectivity index (χ0) is 12.5. The maximum absolute atomic E-state index is 5.86. The average molecular weight is 280 g/mol. The maximum atomic E-state index is 5.86. The van der Waals surface area contributed by atoms with Gasteiger partial charge >= 0.3 is 0 Å². The summed E-state index contributed by atoms with van der Waals surface area (Å²) < 4.78 is 0. The van der Waals surface area contributed by atoms with Gasteiger partial charge in [-0.25, -0.2) is 4.98 Å². The fourth-order valence-corrected chi connectivity index (χ4v) is 3.56. The number of thiazole rings is 1. The Labute approximate surface area is 115 Å². The Morgan fingerprint density at radius 1 is 1.44 bits per heavy atom. The molecule has 3 rings (SSSR count). The molecule has 2 aromatic rings. The highest BCUT2D eigenvalue weighted by molar-refractivity contribution is 7.15. The molecule has 1 unspecified atom stereocenters. The summed E-state index contributed by atoms with van der Waals surface area (Å²) in [6.07, 6.45) is 5.21. The van der Waals surface area contributed by atoms with E-state index in [0.717, 1.165) is 17.1 Å². The number of nitrogens with one attached hydrogen (secondary N) is 1. The second kappa shape index (κ2) is 4.96. The summed E-state index contributed by atoms with van der Waals surface area (Å²) in [5, 5.41) is 5.00. The van der Waals surface area contributed by atoms with Gasteiger partial charge < -0.3 is 5.32 Å². The van der Waals surface area contributed by atoms with E-state index in [2.05, 4.69) is 10.3 Å². The monoisotopic (exact) mass is 279 g/mol. The van der Waals surface area contributed by atoms with Gasteiger partial charge in [0.15, 0.2) is 0 Å². The molecule has 0 aliphatic heterocycles. The fourth-order valence-electron chi connectivity index (χ4n) is 2.31. The quantitative estimate of drug-likeness (QED) is 0.915. The highest BCUT2D eigenvalue weighted by Crippen LogP contribution is 2.36. The molecule has 0 spiro atoms. The molecular formula is C13H14ClN3S. The van der Waals surface area contributed by atoms with E-state index in [-0.39, 0.29) is 0 Å². The normalized spacial score (nSPS) is 18.7. The van der Waals surface area contributed by atoms with Crippen LogP contribution < -0.4 is 5.32 Å². The van der Waals surface area contributed by atoms with Crippen LogP contribution >= 0.6 is 22.9 Å². The van der Waals surface area contributed by atoms with E-state index in [1.165, 1.54) is 23.4 Å². The highest BCUT2D eigenvalue weighted by atomic mass is 35.5. The van der Waals surface area contributed by atoms with Crippen molar-refractivity contribution in [2.24, 2.45) is 0 Å². The number of aromatic nitrogens is 2. The topological polar surface area (TPSA) is 37.8 Å². The van der Waals surface area contributed by atoms with E-state index < -0.39 is 0 Å². The smallest absolute Gasteiger partial charge is 0.142 e. The number of hydrogen-bond donors (Lipinski definition) is 1. The standard InChI is InChI=1S/C13H14ClN3S/c1-15-9-3-2-4-11-12(9)17-13(18-11)10-6-5-8(14)7-16-10/h5-7,9,15H,2-4H2,1H3. The molecule has 0 radical (unpaired) electrons. The van der Waals surface area contributed by atoms with Crippen LogP contribution in [0.1, 0.15) is 29.5 Å². The van der Waals surface area contributed by atoms with Crippen LogP contribution in [-0.4, -0.2) is 17.0 Å². The van der Waals surface area contributed by atoms with Crippen molar-refractivity contribution in [3.8, 4) is 10.7 Å². The van der Waals surface area contributed by atoms with Crippen molar-refractivity contribution in [1.29, 1.82) is 0 Å². The molecule has 0 fully saturated rings. The van der Waals surface area contributed by atoms with Crippen LogP contribution in [0.3, 0.4) is 0 Å². The molecule has 2 aromatic heterocycles. The summed E-state index contributed by atoms with van der Waals surface area (Å²) in [6.45, 7) is 0. The van der Waals surface area contributed by atoms with Crippen molar-refractivity contribution in [1.82, 2.24) is 15.3 Å². The van der Waals surface area contributed by atoms with E-state index in [1.54, 1.807) is 17.5 Å². The van der Waals surface area contributed by atoms with Gasteiger partial charge in [-0.1, -0.05) is 11.6 Å². The van der Waals surface area contributed by atoms with Gasteiger partial charge in [0.2, 0.25) is 0 Å². The molecule has 18 heavy (non-hydrogen) atoms. The Bertz CT molecular complexity index is 550. The molecule has 5 heteroatoms. The third kappa shape index (κ3) is 2.16. The molecular weight excluding hydrogens is 266 g/mol. The first-order chi connectivity index (χ1) is 8.78. The Morgan fingerprint density at radius 3 is 3.06 bits per heavy atom. The SMILES string of the molecule is CNC1CCCc2sc(-c3ccc(Cl)cn3)nc21. The minimum atomic E-state index is 0.394. The molecule has 94 valence electrons. The zero-order valence-corrected chi connectivity index (χ0v) is 11.7. The van der Waals surface area contributed by atoms with E-state index in [1.807, 2.05) is 19.2 Å². The van der Waals surface area contributed by atoms with Crippen LogP contribution in [0.2, 0.25) is 5.02 Å². The molecule has 0 saturated carbocycles. The molecule has 1 aliphatic carbocycles. The van der Waals surface area contributed by atoms with E-state index in [4.69, 9.17) is 16.6 Å². The fraction of sp³-hybridized carbons (Fsp3) is 0.385. The van der Waals surface area contributed by atoms with Crippen LogP contribution in [0.15, 0.2) is 18.3 Å². The molecule has 1 N–H and O–H groups in total. The summed E-state index contributed by atoms with van der Waals surface area (Å²) in [5.41, 5.74) is 2.12. The van der Waals surface area contributed by atoms with Gasteiger partial charge in [0.1, 0.15) is 5.01 Å². The minimum absolute atomic E-state index is 0.394. The Hall–Kier alpha value is -0.970. The predicted molar refractivity (Wildman–Crippen MR) is 75.1 cm³/mol. The van der Waals surface area contributed by atoms with Gasteiger partial charge in [0.25, 0.3) is 0 Å². The lowest BCUT2D eigenvalue weighted by molar-refractivity contribution is 0.490. The van der Waals surface area contributed by atoms with Gasteiger partial charge in [-0.2, -0.15) is 0 Å². The average Bonchev–Trinajstić information content (AvgIpc) is 2.83. The summed E-state index contributed by atoms with van der Waals surface area (Å²) >= 11 is 7.61. The van der Waals surface area contributed by atoms with Crippen molar-refractivity contribution in [2.45, 2.75) is 25.3 Å². The highest BCUT2D eigenvalue weighted by Gasteiger charge is 2.23. The van der Waals surface area contributed by atoms with Crippen LogP contribution in [-0.2, 0) is 6.42 Å². The second-order valence-electron chi connectivity index (χ2n) is 4.42. The van der Waals surface area contributed by atoms with Crippen molar-refractivity contribution in [3.63, 3.8) is 0 Å². The Kier molecular flexibility index (Phi) is 3.33. The first-order valence-corrected chi connectivity index (χ1v) is 7.26. The number of rotatable bonds is 2. The van der Waals surface area contributed by atoms with E-state index in [0.29, 0.717) is 11.1 Å². The first-order valence-electron chi connectivity index (χ1n) is 6.06. The number of fused-ring (bicyclic) bond motifs is 1. The molecule has 0 amide bonds. The molecule has 0 bridgehead atoms. The number of halogens is 1. The van der Waals surface area contributed by atoms with Crippen LogP contribution in [0.25, 0.3) is 10.7 Å². The molecule has 3 nitrogen and oxygen atoms in total. The molecule has 1 aliphatic rings. The zero-order valence-electron chi connectivity index (χ0n) is 10.1. The molecule has 2 heterocycles. The summed E-state index contributed by atoms with van der Waals surface area (Å²) in [4.78, 5) is 10.5. The van der Waals surface area contributed by atoms with Crippen molar-refractivity contribution >= 4 is 22.9 Å². The summed E-state index contributed by atoms with van der Waals surface area (Å²) in [6, 6.07) is 4.19. The van der Waals surface area contributed by atoms with Crippen LogP contribution in [0.5, 0.6) is 0 Å². The molecule has 0 aromatic carbocycles. The number of pyridine rings is 1. The van der Waals surface area contributed by atoms with Gasteiger partial charge in [-0.3, -0.25) is 4.98 Å². The van der Waals surface area contributed by atoms with Gasteiger partial charge in [-0.05, 0) is 38.4 Å². The Morgan fingerprint density at radius 2 is 2.33 bits per heavy atom. The first kappa shape index (κ1) is 12.1. The third-order valence-corrected chi connectivity index (χ3v) is 4.63. The van der Waals surface area contributed by atoms with Crippen LogP contribution in [0, 0.1) is 0 Å².